The van der Waals surface area contributed by atoms with Gasteiger partial charge in [-0.3, -0.25) is 0 Å². The van der Waals surface area contributed by atoms with Crippen LogP contribution >= 0.6 is 0 Å². The maximum atomic E-state index is 13.0. The van der Waals surface area contributed by atoms with Gasteiger partial charge in [-0.2, -0.15) is 0 Å². The predicted octanol–water partition coefficient (Wildman–Crippen LogP) is 1.51. The lowest BCUT2D eigenvalue weighted by Gasteiger charge is -2.15. The number of hydrogen-bond donors (Lipinski definition) is 1. The fourth-order valence-electron chi connectivity index (χ4n) is 2.40. The SMILES string of the molecule is Fc1ccc2c(c1)CC(CNC1CCOC1)O2. The first-order valence-electron chi connectivity index (χ1n) is 6.07. The highest BCUT2D eigenvalue weighted by Gasteiger charge is 2.24. The van der Waals surface area contributed by atoms with Crippen LogP contribution in [0.1, 0.15) is 12.0 Å². The van der Waals surface area contributed by atoms with Crippen LogP contribution in [-0.2, 0) is 11.2 Å². The topological polar surface area (TPSA) is 30.5 Å². The van der Waals surface area contributed by atoms with Gasteiger partial charge in [0, 0.05) is 31.2 Å². The largest absolute Gasteiger partial charge is 0.488 e. The molecule has 2 aliphatic heterocycles. The first kappa shape index (κ1) is 11.0. The Kier molecular flexibility index (Phi) is 2.99. The molecular formula is C13H16FNO2. The number of fused-ring (bicyclic) bond motifs is 1. The van der Waals surface area contributed by atoms with E-state index in [-0.39, 0.29) is 11.9 Å². The molecule has 2 unspecified atom stereocenters. The van der Waals surface area contributed by atoms with Crippen LogP contribution in [0.4, 0.5) is 4.39 Å². The fraction of sp³-hybridized carbons (Fsp3) is 0.538. The predicted molar refractivity (Wildman–Crippen MR) is 61.7 cm³/mol. The van der Waals surface area contributed by atoms with Gasteiger partial charge < -0.3 is 14.8 Å². The molecular weight excluding hydrogens is 221 g/mol. The third kappa shape index (κ3) is 2.42. The zero-order chi connectivity index (χ0) is 11.7. The Bertz CT molecular complexity index is 404. The maximum Gasteiger partial charge on any atom is 0.123 e. The molecule has 1 aromatic carbocycles. The summed E-state index contributed by atoms with van der Waals surface area (Å²) in [6, 6.07) is 5.16. The fourth-order valence-corrected chi connectivity index (χ4v) is 2.40. The molecule has 2 aliphatic rings. The van der Waals surface area contributed by atoms with E-state index in [1.807, 2.05) is 0 Å². The molecule has 2 heterocycles. The molecule has 1 saturated heterocycles. The van der Waals surface area contributed by atoms with Crippen molar-refractivity contribution in [3.05, 3.63) is 29.6 Å². The molecule has 17 heavy (non-hydrogen) atoms. The van der Waals surface area contributed by atoms with Crippen LogP contribution in [0, 0.1) is 5.82 Å². The molecule has 3 rings (SSSR count). The molecule has 1 N–H and O–H groups in total. The van der Waals surface area contributed by atoms with Gasteiger partial charge in [0.25, 0.3) is 0 Å². The minimum Gasteiger partial charge on any atom is -0.488 e. The van der Waals surface area contributed by atoms with E-state index in [9.17, 15) is 4.39 Å². The van der Waals surface area contributed by atoms with Gasteiger partial charge in [0.1, 0.15) is 17.7 Å². The van der Waals surface area contributed by atoms with E-state index in [4.69, 9.17) is 9.47 Å². The summed E-state index contributed by atoms with van der Waals surface area (Å²) in [7, 11) is 0. The summed E-state index contributed by atoms with van der Waals surface area (Å²) in [4.78, 5) is 0. The highest BCUT2D eigenvalue weighted by atomic mass is 19.1. The molecule has 0 spiro atoms. The molecule has 2 atom stereocenters. The monoisotopic (exact) mass is 237 g/mol. The van der Waals surface area contributed by atoms with Gasteiger partial charge >= 0.3 is 0 Å². The van der Waals surface area contributed by atoms with Gasteiger partial charge in [-0.1, -0.05) is 0 Å². The van der Waals surface area contributed by atoms with E-state index in [0.29, 0.717) is 6.04 Å². The molecule has 0 radical (unpaired) electrons. The average molecular weight is 237 g/mol. The summed E-state index contributed by atoms with van der Waals surface area (Å²) < 4.78 is 24.1. The minimum absolute atomic E-state index is 0.118. The Morgan fingerprint density at radius 2 is 2.35 bits per heavy atom. The van der Waals surface area contributed by atoms with Gasteiger partial charge in [0.15, 0.2) is 0 Å². The van der Waals surface area contributed by atoms with Crippen molar-refractivity contribution in [2.45, 2.75) is 25.0 Å². The molecule has 92 valence electrons. The van der Waals surface area contributed by atoms with Gasteiger partial charge in [-0.05, 0) is 24.6 Å². The van der Waals surface area contributed by atoms with E-state index >= 15 is 0 Å². The van der Waals surface area contributed by atoms with Crippen molar-refractivity contribution in [3.8, 4) is 5.75 Å². The molecule has 4 heteroatoms. The third-order valence-electron chi connectivity index (χ3n) is 3.33. The van der Waals surface area contributed by atoms with Crippen molar-refractivity contribution >= 4 is 0 Å². The lowest BCUT2D eigenvalue weighted by atomic mass is 10.1. The zero-order valence-corrected chi connectivity index (χ0v) is 9.62. The van der Waals surface area contributed by atoms with Crippen LogP contribution in [0.25, 0.3) is 0 Å². The normalized spacial score (nSPS) is 26.9. The Balaban J connectivity index is 1.55. The number of benzene rings is 1. The van der Waals surface area contributed by atoms with Crippen LogP contribution in [0.2, 0.25) is 0 Å². The smallest absolute Gasteiger partial charge is 0.123 e. The Morgan fingerprint density at radius 3 is 3.18 bits per heavy atom. The van der Waals surface area contributed by atoms with Gasteiger partial charge in [0.05, 0.1) is 6.61 Å². The van der Waals surface area contributed by atoms with Gasteiger partial charge in [-0.25, -0.2) is 4.39 Å². The average Bonchev–Trinajstić information content (AvgIpc) is 2.94. The van der Waals surface area contributed by atoms with E-state index < -0.39 is 0 Å². The van der Waals surface area contributed by atoms with E-state index in [0.717, 1.165) is 43.9 Å². The van der Waals surface area contributed by atoms with E-state index in [1.54, 1.807) is 12.1 Å². The second-order valence-electron chi connectivity index (χ2n) is 4.66. The Labute approximate surface area is 99.9 Å². The molecule has 1 fully saturated rings. The summed E-state index contributed by atoms with van der Waals surface area (Å²) in [6.07, 6.45) is 1.97. The highest BCUT2D eigenvalue weighted by molar-refractivity contribution is 5.37. The molecule has 0 aliphatic carbocycles. The summed E-state index contributed by atoms with van der Waals surface area (Å²) in [5, 5.41) is 3.43. The Morgan fingerprint density at radius 1 is 1.41 bits per heavy atom. The summed E-state index contributed by atoms with van der Waals surface area (Å²) in [6.45, 7) is 2.42. The second-order valence-corrected chi connectivity index (χ2v) is 4.66. The molecule has 0 aromatic heterocycles. The lowest BCUT2D eigenvalue weighted by molar-refractivity contribution is 0.183. The van der Waals surface area contributed by atoms with Crippen molar-refractivity contribution in [1.29, 1.82) is 0 Å². The van der Waals surface area contributed by atoms with Crippen LogP contribution in [0.3, 0.4) is 0 Å². The number of ether oxygens (including phenoxy) is 2. The number of rotatable bonds is 3. The number of nitrogens with one attached hydrogen (secondary N) is 1. The van der Waals surface area contributed by atoms with Crippen molar-refractivity contribution in [2.75, 3.05) is 19.8 Å². The van der Waals surface area contributed by atoms with Crippen LogP contribution in [0.5, 0.6) is 5.75 Å². The minimum atomic E-state index is -0.190. The summed E-state index contributed by atoms with van der Waals surface area (Å²) in [5.74, 6) is 0.631. The van der Waals surface area contributed by atoms with Crippen LogP contribution in [-0.4, -0.2) is 31.9 Å². The van der Waals surface area contributed by atoms with E-state index in [2.05, 4.69) is 5.32 Å². The van der Waals surface area contributed by atoms with Crippen molar-refractivity contribution < 1.29 is 13.9 Å². The maximum absolute atomic E-state index is 13.0. The number of hydrogen-bond acceptors (Lipinski definition) is 3. The highest BCUT2D eigenvalue weighted by Crippen LogP contribution is 2.29. The van der Waals surface area contributed by atoms with Crippen molar-refractivity contribution in [3.63, 3.8) is 0 Å². The first-order valence-corrected chi connectivity index (χ1v) is 6.07. The summed E-state index contributed by atoms with van der Waals surface area (Å²) >= 11 is 0. The summed E-state index contributed by atoms with van der Waals surface area (Å²) in [5.41, 5.74) is 0.972. The Hall–Kier alpha value is -1.13. The molecule has 0 saturated carbocycles. The van der Waals surface area contributed by atoms with E-state index in [1.165, 1.54) is 6.07 Å². The molecule has 1 aromatic rings. The molecule has 0 bridgehead atoms. The van der Waals surface area contributed by atoms with Gasteiger partial charge in [0.2, 0.25) is 0 Å². The van der Waals surface area contributed by atoms with Crippen molar-refractivity contribution in [1.82, 2.24) is 5.32 Å². The standard InChI is InChI=1S/C13H16FNO2/c14-10-1-2-13-9(5-10)6-12(17-13)7-15-11-3-4-16-8-11/h1-2,5,11-12,15H,3-4,6-8H2. The second kappa shape index (κ2) is 4.63. The first-order chi connectivity index (χ1) is 8.31. The third-order valence-corrected chi connectivity index (χ3v) is 3.33. The van der Waals surface area contributed by atoms with Crippen molar-refractivity contribution in [2.24, 2.45) is 0 Å². The number of halogens is 1. The van der Waals surface area contributed by atoms with Crippen LogP contribution < -0.4 is 10.1 Å². The lowest BCUT2D eigenvalue weighted by Crippen LogP contribution is -2.37. The van der Waals surface area contributed by atoms with Crippen LogP contribution in [0.15, 0.2) is 18.2 Å². The quantitative estimate of drug-likeness (QED) is 0.864. The molecule has 3 nitrogen and oxygen atoms in total. The van der Waals surface area contributed by atoms with Gasteiger partial charge in [-0.15, -0.1) is 0 Å². The molecule has 0 amide bonds. The zero-order valence-electron chi connectivity index (χ0n) is 9.62.